The number of nitrogens with zero attached hydrogens (tertiary/aromatic N) is 5. The summed E-state index contributed by atoms with van der Waals surface area (Å²) in [5, 5.41) is 15.2. The maximum Gasteiger partial charge on any atom is 0.191 e. The number of piperidine rings is 1. The Labute approximate surface area is 205 Å². The minimum absolute atomic E-state index is 0. The number of hydrogen-bond acceptors (Lipinski definition) is 5. The van der Waals surface area contributed by atoms with E-state index in [4.69, 9.17) is 9.73 Å². The monoisotopic (exact) mass is 547 g/mol. The van der Waals surface area contributed by atoms with Crippen LogP contribution in [0.2, 0.25) is 0 Å². The summed E-state index contributed by atoms with van der Waals surface area (Å²) in [6, 6.07) is 0.727. The third kappa shape index (κ3) is 9.21. The highest BCUT2D eigenvalue weighted by Gasteiger charge is 2.17. The van der Waals surface area contributed by atoms with Crippen LogP contribution in [0.15, 0.2) is 11.3 Å². The number of likely N-dealkylation sites (tertiary alicyclic amines) is 1. The Bertz CT molecular complexity index is 633. The average molecular weight is 548 g/mol. The van der Waals surface area contributed by atoms with E-state index in [1.807, 2.05) is 0 Å². The number of aryl methyl sites for hydroxylation is 1. The van der Waals surface area contributed by atoms with Gasteiger partial charge in [0.2, 0.25) is 0 Å². The van der Waals surface area contributed by atoms with Gasteiger partial charge in [-0.05, 0) is 52.0 Å². The zero-order valence-corrected chi connectivity index (χ0v) is 21.7. The van der Waals surface area contributed by atoms with Crippen molar-refractivity contribution in [3.63, 3.8) is 0 Å². The van der Waals surface area contributed by atoms with Crippen LogP contribution in [0.1, 0.15) is 64.6 Å². The highest BCUT2D eigenvalue weighted by molar-refractivity contribution is 14.0. The molecule has 0 saturated carbocycles. The number of hydrogen-bond donors (Lipinski definition) is 2. The molecule has 9 heteroatoms. The minimum atomic E-state index is 0. The molecule has 0 spiro atoms. The molecular formula is C22H42IN7O. The average Bonchev–Trinajstić information content (AvgIpc) is 3.24. The molecule has 2 atom stereocenters. The number of rotatable bonds is 10. The molecule has 0 amide bonds. The van der Waals surface area contributed by atoms with Gasteiger partial charge in [0.1, 0.15) is 12.2 Å². The van der Waals surface area contributed by atoms with Crippen molar-refractivity contribution in [3.05, 3.63) is 12.2 Å². The Morgan fingerprint density at radius 2 is 2.00 bits per heavy atom. The van der Waals surface area contributed by atoms with Crippen LogP contribution in [-0.4, -0.2) is 77.1 Å². The van der Waals surface area contributed by atoms with Gasteiger partial charge >= 0.3 is 0 Å². The van der Waals surface area contributed by atoms with E-state index in [-0.39, 0.29) is 30.1 Å². The van der Waals surface area contributed by atoms with Gasteiger partial charge in [0.05, 0.1) is 12.6 Å². The quantitative estimate of drug-likeness (QED) is 0.203. The molecule has 0 radical (unpaired) electrons. The summed E-state index contributed by atoms with van der Waals surface area (Å²) in [6.07, 6.45) is 11.7. The lowest BCUT2D eigenvalue weighted by Gasteiger charge is -2.33. The molecule has 0 bridgehead atoms. The summed E-state index contributed by atoms with van der Waals surface area (Å²) in [4.78, 5) is 7.45. The van der Waals surface area contributed by atoms with E-state index < -0.39 is 0 Å². The van der Waals surface area contributed by atoms with Crippen molar-refractivity contribution in [2.24, 2.45) is 4.99 Å². The molecule has 1 aromatic rings. The molecule has 2 unspecified atom stereocenters. The second-order valence-corrected chi connectivity index (χ2v) is 8.56. The van der Waals surface area contributed by atoms with Crippen molar-refractivity contribution >= 4 is 29.9 Å². The second kappa shape index (κ2) is 15.0. The van der Waals surface area contributed by atoms with E-state index in [9.17, 15) is 0 Å². The van der Waals surface area contributed by atoms with Gasteiger partial charge in [-0.25, -0.2) is 0 Å². The largest absolute Gasteiger partial charge is 0.376 e. The number of aromatic nitrogens is 3. The molecule has 31 heavy (non-hydrogen) atoms. The molecule has 0 aromatic carbocycles. The predicted molar refractivity (Wildman–Crippen MR) is 136 cm³/mol. The van der Waals surface area contributed by atoms with Crippen LogP contribution in [0.3, 0.4) is 0 Å². The fraction of sp³-hybridized carbons (Fsp3) is 0.864. The predicted octanol–water partition coefficient (Wildman–Crippen LogP) is 2.83. The maximum absolute atomic E-state index is 5.85. The minimum Gasteiger partial charge on any atom is -0.376 e. The summed E-state index contributed by atoms with van der Waals surface area (Å²) < 4.78 is 7.95. The highest BCUT2D eigenvalue weighted by Crippen LogP contribution is 2.16. The lowest BCUT2D eigenvalue weighted by molar-refractivity contribution is 0.0224. The van der Waals surface area contributed by atoms with Crippen molar-refractivity contribution < 1.29 is 4.74 Å². The normalized spacial score (nSPS) is 22.7. The molecule has 2 aliphatic rings. The molecule has 1 aromatic heterocycles. The van der Waals surface area contributed by atoms with E-state index in [1.54, 1.807) is 6.33 Å². The van der Waals surface area contributed by atoms with Gasteiger partial charge in [-0.1, -0.05) is 13.3 Å². The fourth-order valence-electron chi connectivity index (χ4n) is 4.33. The number of halogens is 1. The first-order valence-electron chi connectivity index (χ1n) is 12.0. The van der Waals surface area contributed by atoms with E-state index in [2.05, 4.69) is 44.1 Å². The lowest BCUT2D eigenvalue weighted by Crippen LogP contribution is -2.42. The summed E-state index contributed by atoms with van der Waals surface area (Å²) in [6.45, 7) is 11.0. The van der Waals surface area contributed by atoms with Gasteiger partial charge in [-0.3, -0.25) is 4.99 Å². The Balaban J connectivity index is 0.00000341. The number of ether oxygens (including phenoxy) is 1. The Kier molecular flexibility index (Phi) is 12.7. The third-order valence-electron chi connectivity index (χ3n) is 6.24. The van der Waals surface area contributed by atoms with Crippen LogP contribution in [0.25, 0.3) is 0 Å². The molecule has 3 rings (SSSR count). The topological polar surface area (TPSA) is 79.6 Å². The second-order valence-electron chi connectivity index (χ2n) is 8.56. The van der Waals surface area contributed by atoms with Crippen molar-refractivity contribution in [2.45, 2.75) is 83.9 Å². The molecule has 0 aliphatic carbocycles. The Morgan fingerprint density at radius 3 is 2.77 bits per heavy atom. The summed E-state index contributed by atoms with van der Waals surface area (Å²) >= 11 is 0. The van der Waals surface area contributed by atoms with Crippen LogP contribution in [0.5, 0.6) is 0 Å². The van der Waals surface area contributed by atoms with Gasteiger partial charge < -0.3 is 24.8 Å². The van der Waals surface area contributed by atoms with Crippen molar-refractivity contribution in [1.29, 1.82) is 0 Å². The van der Waals surface area contributed by atoms with E-state index in [0.717, 1.165) is 76.4 Å². The summed E-state index contributed by atoms with van der Waals surface area (Å²) in [5.41, 5.74) is 0. The van der Waals surface area contributed by atoms with Crippen LogP contribution in [0, 0.1) is 0 Å². The molecule has 178 valence electrons. The first kappa shape index (κ1) is 26.3. The molecule has 2 saturated heterocycles. The van der Waals surface area contributed by atoms with Crippen molar-refractivity contribution in [3.8, 4) is 0 Å². The van der Waals surface area contributed by atoms with Gasteiger partial charge in [-0.2, -0.15) is 0 Å². The molecule has 2 N–H and O–H groups in total. The SMILES string of the molecule is CCc1nncn1CCNC(=NCC1CCCCO1)NCCCN1CCCCC1C.I. The zero-order valence-electron chi connectivity index (χ0n) is 19.4. The number of aliphatic imine (C=N–C) groups is 1. The summed E-state index contributed by atoms with van der Waals surface area (Å²) in [5.74, 6) is 1.91. The fourth-order valence-corrected chi connectivity index (χ4v) is 4.33. The smallest absolute Gasteiger partial charge is 0.191 e. The Morgan fingerprint density at radius 1 is 1.16 bits per heavy atom. The zero-order chi connectivity index (χ0) is 21.0. The van der Waals surface area contributed by atoms with E-state index in [0.29, 0.717) is 0 Å². The van der Waals surface area contributed by atoms with Crippen LogP contribution in [-0.2, 0) is 17.7 Å². The van der Waals surface area contributed by atoms with Gasteiger partial charge in [0.15, 0.2) is 5.96 Å². The highest BCUT2D eigenvalue weighted by atomic mass is 127. The van der Waals surface area contributed by atoms with Gasteiger partial charge in [0, 0.05) is 45.2 Å². The molecule has 2 aliphatic heterocycles. The Hall–Kier alpha value is -0.940. The number of guanidine groups is 1. The number of nitrogens with one attached hydrogen (secondary N) is 2. The van der Waals surface area contributed by atoms with Gasteiger partial charge in [-0.15, -0.1) is 34.2 Å². The first-order valence-corrected chi connectivity index (χ1v) is 12.0. The van der Waals surface area contributed by atoms with E-state index in [1.165, 1.54) is 38.6 Å². The third-order valence-corrected chi connectivity index (χ3v) is 6.24. The summed E-state index contributed by atoms with van der Waals surface area (Å²) in [7, 11) is 0. The van der Waals surface area contributed by atoms with Crippen LogP contribution in [0.4, 0.5) is 0 Å². The molecule has 2 fully saturated rings. The molecule has 8 nitrogen and oxygen atoms in total. The van der Waals surface area contributed by atoms with Gasteiger partial charge in [0.25, 0.3) is 0 Å². The molecule has 3 heterocycles. The van der Waals surface area contributed by atoms with Crippen molar-refractivity contribution in [2.75, 3.05) is 39.3 Å². The van der Waals surface area contributed by atoms with Crippen LogP contribution < -0.4 is 10.6 Å². The standard InChI is InChI=1S/C22H41N7O.HI/c1-3-21-27-26-18-29(21)15-12-24-22(25-17-20-10-5-7-16-30-20)23-11-8-14-28-13-6-4-9-19(28)2;/h18-20H,3-17H2,1-2H3,(H2,23,24,25);1H. The van der Waals surface area contributed by atoms with Crippen molar-refractivity contribution in [1.82, 2.24) is 30.3 Å². The lowest BCUT2D eigenvalue weighted by atomic mass is 10.0. The first-order chi connectivity index (χ1) is 14.8. The van der Waals surface area contributed by atoms with E-state index >= 15 is 0 Å². The van der Waals surface area contributed by atoms with Crippen LogP contribution >= 0.6 is 24.0 Å². The maximum atomic E-state index is 5.85. The molecular weight excluding hydrogens is 505 g/mol.